The van der Waals surface area contributed by atoms with Gasteiger partial charge in [-0.05, 0) is 39.3 Å². The molecule has 1 N–H and O–H groups in total. The first-order chi connectivity index (χ1) is 7.31. The molecule has 0 atom stereocenters. The van der Waals surface area contributed by atoms with E-state index in [9.17, 15) is 4.79 Å². The van der Waals surface area contributed by atoms with Gasteiger partial charge in [0.1, 0.15) is 0 Å². The summed E-state index contributed by atoms with van der Waals surface area (Å²) in [5.41, 5.74) is 0. The number of carbonyl (C=O) groups excluding carboxylic acids is 1. The number of hydrogen-bond donors (Lipinski definition) is 1. The molecule has 0 aliphatic heterocycles. The normalized spacial score (nSPS) is 9.93. The molecule has 0 radical (unpaired) electrons. The molecule has 88 valence electrons. The van der Waals surface area contributed by atoms with Crippen molar-refractivity contribution in [2.75, 3.05) is 19.7 Å². The SMILES string of the molecule is C=CCCNCCCCCC(=O)OCC. The Labute approximate surface area is 92.9 Å². The van der Waals surface area contributed by atoms with Gasteiger partial charge in [-0.2, -0.15) is 0 Å². The summed E-state index contributed by atoms with van der Waals surface area (Å²) in [4.78, 5) is 11.0. The van der Waals surface area contributed by atoms with Crippen molar-refractivity contribution in [2.45, 2.75) is 39.0 Å². The van der Waals surface area contributed by atoms with Crippen LogP contribution in [-0.2, 0) is 9.53 Å². The summed E-state index contributed by atoms with van der Waals surface area (Å²) in [5, 5.41) is 3.31. The van der Waals surface area contributed by atoms with Crippen LogP contribution < -0.4 is 5.32 Å². The first-order valence-electron chi connectivity index (χ1n) is 5.78. The molecule has 0 fully saturated rings. The molecule has 0 amide bonds. The highest BCUT2D eigenvalue weighted by Gasteiger charge is 1.99. The molecule has 15 heavy (non-hydrogen) atoms. The van der Waals surface area contributed by atoms with Crippen molar-refractivity contribution in [1.82, 2.24) is 5.32 Å². The molecule has 0 aliphatic rings. The van der Waals surface area contributed by atoms with Crippen LogP contribution in [0.15, 0.2) is 12.7 Å². The van der Waals surface area contributed by atoms with Crippen LogP contribution in [-0.4, -0.2) is 25.7 Å². The Hall–Kier alpha value is -0.830. The van der Waals surface area contributed by atoms with Crippen LogP contribution in [0.1, 0.15) is 39.0 Å². The summed E-state index contributed by atoms with van der Waals surface area (Å²) in [6.07, 6.45) is 6.62. The predicted molar refractivity (Wildman–Crippen MR) is 62.8 cm³/mol. The molecule has 0 rings (SSSR count). The van der Waals surface area contributed by atoms with Gasteiger partial charge in [0.05, 0.1) is 6.61 Å². The lowest BCUT2D eigenvalue weighted by Gasteiger charge is -2.03. The molecule has 0 unspecified atom stereocenters. The van der Waals surface area contributed by atoms with Gasteiger partial charge in [0.2, 0.25) is 0 Å². The minimum atomic E-state index is -0.0721. The number of hydrogen-bond acceptors (Lipinski definition) is 3. The molecule has 3 heteroatoms. The third kappa shape index (κ3) is 11.1. The highest BCUT2D eigenvalue weighted by molar-refractivity contribution is 5.69. The average Bonchev–Trinajstić information content (AvgIpc) is 2.22. The topological polar surface area (TPSA) is 38.3 Å². The Kier molecular flexibility index (Phi) is 10.6. The van der Waals surface area contributed by atoms with Gasteiger partial charge in [-0.3, -0.25) is 4.79 Å². The predicted octanol–water partition coefficient (Wildman–Crippen LogP) is 2.28. The maximum atomic E-state index is 11.0. The van der Waals surface area contributed by atoms with Crippen LogP contribution in [0.5, 0.6) is 0 Å². The van der Waals surface area contributed by atoms with E-state index in [1.54, 1.807) is 0 Å². The van der Waals surface area contributed by atoms with Crippen molar-refractivity contribution in [3.05, 3.63) is 12.7 Å². The highest BCUT2D eigenvalue weighted by Crippen LogP contribution is 2.00. The van der Waals surface area contributed by atoms with Gasteiger partial charge >= 0.3 is 5.97 Å². The number of unbranched alkanes of at least 4 members (excludes halogenated alkanes) is 2. The molecule has 0 spiro atoms. The fraction of sp³-hybridized carbons (Fsp3) is 0.750. The molecule has 0 aliphatic carbocycles. The van der Waals surface area contributed by atoms with E-state index in [1.807, 2.05) is 13.0 Å². The zero-order valence-electron chi connectivity index (χ0n) is 9.76. The largest absolute Gasteiger partial charge is 0.466 e. The van der Waals surface area contributed by atoms with Gasteiger partial charge in [0.15, 0.2) is 0 Å². The smallest absolute Gasteiger partial charge is 0.305 e. The quantitative estimate of drug-likeness (QED) is 0.344. The van der Waals surface area contributed by atoms with Crippen molar-refractivity contribution in [3.8, 4) is 0 Å². The molecule has 3 nitrogen and oxygen atoms in total. The van der Waals surface area contributed by atoms with Crippen molar-refractivity contribution in [1.29, 1.82) is 0 Å². The van der Waals surface area contributed by atoms with Crippen LogP contribution in [0.25, 0.3) is 0 Å². The Bertz CT molecular complexity index is 169. The lowest BCUT2D eigenvalue weighted by molar-refractivity contribution is -0.143. The molecule has 0 heterocycles. The van der Waals surface area contributed by atoms with E-state index in [0.717, 1.165) is 38.8 Å². The molecule has 0 saturated heterocycles. The Morgan fingerprint density at radius 3 is 2.80 bits per heavy atom. The van der Waals surface area contributed by atoms with Crippen LogP contribution >= 0.6 is 0 Å². The van der Waals surface area contributed by atoms with Crippen molar-refractivity contribution in [3.63, 3.8) is 0 Å². The number of nitrogens with one attached hydrogen (secondary N) is 1. The van der Waals surface area contributed by atoms with E-state index in [2.05, 4.69) is 11.9 Å². The maximum Gasteiger partial charge on any atom is 0.305 e. The van der Waals surface area contributed by atoms with Crippen LogP contribution in [0.3, 0.4) is 0 Å². The van der Waals surface area contributed by atoms with Crippen molar-refractivity contribution < 1.29 is 9.53 Å². The lowest BCUT2D eigenvalue weighted by atomic mass is 10.2. The summed E-state index contributed by atoms with van der Waals surface area (Å²) in [6, 6.07) is 0. The van der Waals surface area contributed by atoms with Gasteiger partial charge in [-0.25, -0.2) is 0 Å². The molecule has 0 saturated carbocycles. The van der Waals surface area contributed by atoms with E-state index >= 15 is 0 Å². The van der Waals surface area contributed by atoms with Gasteiger partial charge in [-0.15, -0.1) is 6.58 Å². The molecular formula is C12H23NO2. The third-order valence-corrected chi connectivity index (χ3v) is 2.07. The Morgan fingerprint density at radius 2 is 2.13 bits per heavy atom. The summed E-state index contributed by atoms with van der Waals surface area (Å²) >= 11 is 0. The van der Waals surface area contributed by atoms with E-state index in [-0.39, 0.29) is 5.97 Å². The highest BCUT2D eigenvalue weighted by atomic mass is 16.5. The van der Waals surface area contributed by atoms with Gasteiger partial charge in [0, 0.05) is 6.42 Å². The number of esters is 1. The van der Waals surface area contributed by atoms with Crippen LogP contribution in [0.4, 0.5) is 0 Å². The summed E-state index contributed by atoms with van der Waals surface area (Å²) in [6.45, 7) is 8.00. The number of carbonyl (C=O) groups is 1. The number of rotatable bonds is 10. The van der Waals surface area contributed by atoms with Gasteiger partial charge in [-0.1, -0.05) is 12.5 Å². The summed E-state index contributed by atoms with van der Waals surface area (Å²) in [7, 11) is 0. The zero-order chi connectivity index (χ0) is 11.4. The lowest BCUT2D eigenvalue weighted by Crippen LogP contribution is -2.16. The maximum absolute atomic E-state index is 11.0. The first kappa shape index (κ1) is 14.2. The van der Waals surface area contributed by atoms with Gasteiger partial charge < -0.3 is 10.1 Å². The fourth-order valence-electron chi connectivity index (χ4n) is 1.26. The summed E-state index contributed by atoms with van der Waals surface area (Å²) in [5.74, 6) is -0.0721. The van der Waals surface area contributed by atoms with Gasteiger partial charge in [0.25, 0.3) is 0 Å². The first-order valence-corrected chi connectivity index (χ1v) is 5.78. The minimum Gasteiger partial charge on any atom is -0.466 e. The van der Waals surface area contributed by atoms with E-state index < -0.39 is 0 Å². The average molecular weight is 213 g/mol. The fourth-order valence-corrected chi connectivity index (χ4v) is 1.26. The second-order valence-corrected chi connectivity index (χ2v) is 3.44. The second-order valence-electron chi connectivity index (χ2n) is 3.44. The molecule has 0 aromatic carbocycles. The van der Waals surface area contributed by atoms with E-state index in [4.69, 9.17) is 4.74 Å². The molecule has 0 bridgehead atoms. The minimum absolute atomic E-state index is 0.0721. The third-order valence-electron chi connectivity index (χ3n) is 2.07. The number of ether oxygens (including phenoxy) is 1. The standard InChI is InChI=1S/C12H23NO2/c1-3-5-10-13-11-8-6-7-9-12(14)15-4-2/h3,13H,1,4-11H2,2H3. The summed E-state index contributed by atoms with van der Waals surface area (Å²) < 4.78 is 4.84. The van der Waals surface area contributed by atoms with Crippen molar-refractivity contribution >= 4 is 5.97 Å². The van der Waals surface area contributed by atoms with Crippen molar-refractivity contribution in [2.24, 2.45) is 0 Å². The van der Waals surface area contributed by atoms with Crippen LogP contribution in [0.2, 0.25) is 0 Å². The van der Waals surface area contributed by atoms with Crippen LogP contribution in [0, 0.1) is 0 Å². The zero-order valence-corrected chi connectivity index (χ0v) is 9.76. The molecular weight excluding hydrogens is 190 g/mol. The molecule has 0 aromatic heterocycles. The molecule has 0 aromatic rings. The monoisotopic (exact) mass is 213 g/mol. The Morgan fingerprint density at radius 1 is 1.33 bits per heavy atom. The second kappa shape index (κ2) is 11.2. The Balaban J connectivity index is 3.04. The van der Waals surface area contributed by atoms with E-state index in [1.165, 1.54) is 0 Å². The van der Waals surface area contributed by atoms with E-state index in [0.29, 0.717) is 13.0 Å².